The van der Waals surface area contributed by atoms with Gasteiger partial charge in [-0.25, -0.2) is 4.39 Å². The number of carbonyl (C=O) groups excluding carboxylic acids is 1. The Morgan fingerprint density at radius 1 is 1.24 bits per heavy atom. The fourth-order valence-corrected chi connectivity index (χ4v) is 1.74. The molecule has 0 aliphatic carbocycles. The summed E-state index contributed by atoms with van der Waals surface area (Å²) in [4.78, 5) is 11.7. The Hall–Kier alpha value is -2.27. The second-order valence-electron chi connectivity index (χ2n) is 4.14. The Bertz CT molecular complexity index is 631. The van der Waals surface area contributed by atoms with Crippen molar-refractivity contribution in [3.05, 3.63) is 53.3 Å². The third-order valence-electron chi connectivity index (χ3n) is 2.62. The lowest BCUT2D eigenvalue weighted by Crippen LogP contribution is -2.20. The number of benzene rings is 2. The zero-order chi connectivity index (χ0) is 15.2. The number of carbonyl (C=O) groups is 1. The second kappa shape index (κ2) is 6.95. The lowest BCUT2D eigenvalue weighted by Gasteiger charge is -2.08. The summed E-state index contributed by atoms with van der Waals surface area (Å²) in [6, 6.07) is 10.8. The van der Waals surface area contributed by atoms with Gasteiger partial charge in [-0.05, 0) is 36.4 Å². The van der Waals surface area contributed by atoms with Crippen molar-refractivity contribution >= 4 is 23.2 Å². The lowest BCUT2D eigenvalue weighted by molar-refractivity contribution is -0.118. The molecule has 0 radical (unpaired) electrons. The molecule has 2 aromatic carbocycles. The van der Waals surface area contributed by atoms with Crippen molar-refractivity contribution in [2.75, 3.05) is 19.0 Å². The number of ether oxygens (including phenoxy) is 2. The summed E-state index contributed by atoms with van der Waals surface area (Å²) in [6.45, 7) is -0.228. The highest BCUT2D eigenvalue weighted by Crippen LogP contribution is 2.22. The van der Waals surface area contributed by atoms with Gasteiger partial charge in [-0.2, -0.15) is 0 Å². The van der Waals surface area contributed by atoms with Gasteiger partial charge in [-0.1, -0.05) is 11.6 Å². The van der Waals surface area contributed by atoms with Gasteiger partial charge in [0.25, 0.3) is 5.91 Å². The molecule has 6 heteroatoms. The molecule has 0 heterocycles. The summed E-state index contributed by atoms with van der Waals surface area (Å²) < 4.78 is 23.4. The molecule has 2 aromatic rings. The lowest BCUT2D eigenvalue weighted by atomic mass is 10.3. The van der Waals surface area contributed by atoms with Crippen LogP contribution in [0, 0.1) is 5.82 Å². The highest BCUT2D eigenvalue weighted by Gasteiger charge is 2.07. The van der Waals surface area contributed by atoms with E-state index in [9.17, 15) is 9.18 Å². The smallest absolute Gasteiger partial charge is 0.262 e. The van der Waals surface area contributed by atoms with Crippen LogP contribution in [0.15, 0.2) is 42.5 Å². The average molecular weight is 310 g/mol. The number of anilines is 1. The molecule has 4 nitrogen and oxygen atoms in total. The maximum Gasteiger partial charge on any atom is 0.262 e. The molecule has 2 rings (SSSR count). The Labute approximate surface area is 126 Å². The number of nitrogens with one attached hydrogen (secondary N) is 1. The summed E-state index contributed by atoms with van der Waals surface area (Å²) in [7, 11) is 1.37. The molecule has 0 unspecified atom stereocenters. The van der Waals surface area contributed by atoms with Gasteiger partial charge >= 0.3 is 0 Å². The quantitative estimate of drug-likeness (QED) is 0.919. The van der Waals surface area contributed by atoms with E-state index in [1.54, 1.807) is 24.3 Å². The highest BCUT2D eigenvalue weighted by molar-refractivity contribution is 6.30. The van der Waals surface area contributed by atoms with Crippen LogP contribution >= 0.6 is 11.6 Å². The van der Waals surface area contributed by atoms with Gasteiger partial charge in [0.2, 0.25) is 0 Å². The Kier molecular flexibility index (Phi) is 5.00. The largest absolute Gasteiger partial charge is 0.494 e. The number of methoxy groups -OCH3 is 1. The van der Waals surface area contributed by atoms with Crippen LogP contribution < -0.4 is 14.8 Å². The summed E-state index contributed by atoms with van der Waals surface area (Å²) in [5.41, 5.74) is 0.605. The monoisotopic (exact) mass is 309 g/mol. The van der Waals surface area contributed by atoms with Crippen LogP contribution in [0.2, 0.25) is 5.02 Å². The van der Waals surface area contributed by atoms with Gasteiger partial charge in [0.15, 0.2) is 18.2 Å². The van der Waals surface area contributed by atoms with Crippen LogP contribution in [0.4, 0.5) is 10.1 Å². The molecule has 0 saturated carbocycles. The molecule has 0 spiro atoms. The molecule has 0 aromatic heterocycles. The van der Waals surface area contributed by atoms with E-state index in [0.717, 1.165) is 6.07 Å². The fraction of sp³-hybridized carbons (Fsp3) is 0.133. The highest BCUT2D eigenvalue weighted by atomic mass is 35.5. The topological polar surface area (TPSA) is 47.6 Å². The van der Waals surface area contributed by atoms with Crippen molar-refractivity contribution in [2.24, 2.45) is 0 Å². The van der Waals surface area contributed by atoms with Gasteiger partial charge in [0, 0.05) is 16.8 Å². The van der Waals surface area contributed by atoms with Crippen LogP contribution in [-0.4, -0.2) is 19.6 Å². The average Bonchev–Trinajstić information content (AvgIpc) is 2.48. The molecule has 0 saturated heterocycles. The van der Waals surface area contributed by atoms with E-state index in [1.807, 2.05) is 0 Å². The van der Waals surface area contributed by atoms with E-state index in [4.69, 9.17) is 21.1 Å². The third kappa shape index (κ3) is 4.36. The van der Waals surface area contributed by atoms with E-state index >= 15 is 0 Å². The molecular weight excluding hydrogens is 297 g/mol. The zero-order valence-corrected chi connectivity index (χ0v) is 12.0. The molecule has 1 amide bonds. The summed E-state index contributed by atoms with van der Waals surface area (Å²) in [6.07, 6.45) is 0. The number of halogens is 2. The minimum absolute atomic E-state index is 0.118. The Balaban J connectivity index is 1.89. The van der Waals surface area contributed by atoms with Gasteiger partial charge < -0.3 is 14.8 Å². The van der Waals surface area contributed by atoms with Crippen molar-refractivity contribution in [1.29, 1.82) is 0 Å². The van der Waals surface area contributed by atoms with Crippen LogP contribution in [0.1, 0.15) is 0 Å². The summed E-state index contributed by atoms with van der Waals surface area (Å²) >= 11 is 5.75. The van der Waals surface area contributed by atoms with Crippen molar-refractivity contribution < 1.29 is 18.7 Å². The zero-order valence-electron chi connectivity index (χ0n) is 11.2. The normalized spacial score (nSPS) is 10.0. The molecule has 0 aliphatic rings. The van der Waals surface area contributed by atoms with Crippen molar-refractivity contribution in [3.8, 4) is 11.5 Å². The minimum atomic E-state index is -0.548. The molecule has 0 aliphatic heterocycles. The van der Waals surface area contributed by atoms with Gasteiger partial charge in [0.05, 0.1) is 7.11 Å². The fourth-order valence-electron chi connectivity index (χ4n) is 1.62. The molecule has 0 atom stereocenters. The maximum atomic E-state index is 13.4. The first-order valence-corrected chi connectivity index (χ1v) is 6.48. The van der Waals surface area contributed by atoms with Crippen molar-refractivity contribution in [2.45, 2.75) is 0 Å². The van der Waals surface area contributed by atoms with E-state index in [1.165, 1.54) is 19.2 Å². The molecular formula is C15H13ClFNO3. The first kappa shape index (κ1) is 15.1. The van der Waals surface area contributed by atoms with Gasteiger partial charge in [-0.15, -0.1) is 0 Å². The van der Waals surface area contributed by atoms with Crippen molar-refractivity contribution in [1.82, 2.24) is 0 Å². The van der Waals surface area contributed by atoms with E-state index in [0.29, 0.717) is 10.7 Å². The maximum absolute atomic E-state index is 13.4. The van der Waals surface area contributed by atoms with Crippen LogP contribution in [0.25, 0.3) is 0 Å². The summed E-state index contributed by atoms with van der Waals surface area (Å²) in [5.74, 6) is -0.533. The van der Waals surface area contributed by atoms with Gasteiger partial charge in [0.1, 0.15) is 5.75 Å². The molecule has 21 heavy (non-hydrogen) atoms. The number of hydrogen-bond acceptors (Lipinski definition) is 3. The minimum Gasteiger partial charge on any atom is -0.494 e. The SMILES string of the molecule is COc1ccc(OCC(=O)Nc2ccc(Cl)cc2)cc1F. The first-order valence-electron chi connectivity index (χ1n) is 6.10. The standard InChI is InChI=1S/C15H13ClFNO3/c1-20-14-7-6-12(8-13(14)17)21-9-15(19)18-11-4-2-10(16)3-5-11/h2-8H,9H2,1H3,(H,18,19). The molecule has 110 valence electrons. The predicted molar refractivity (Wildman–Crippen MR) is 78.5 cm³/mol. The predicted octanol–water partition coefficient (Wildman–Crippen LogP) is 3.51. The molecule has 1 N–H and O–H groups in total. The van der Waals surface area contributed by atoms with Crippen LogP contribution in [0.3, 0.4) is 0 Å². The Morgan fingerprint density at radius 3 is 2.57 bits per heavy atom. The van der Waals surface area contributed by atoms with Crippen molar-refractivity contribution in [3.63, 3.8) is 0 Å². The number of amides is 1. The van der Waals surface area contributed by atoms with E-state index < -0.39 is 5.82 Å². The first-order chi connectivity index (χ1) is 10.1. The second-order valence-corrected chi connectivity index (χ2v) is 4.58. The number of hydrogen-bond donors (Lipinski definition) is 1. The van der Waals surface area contributed by atoms with E-state index in [2.05, 4.69) is 5.32 Å². The van der Waals surface area contributed by atoms with E-state index in [-0.39, 0.29) is 24.0 Å². The summed E-state index contributed by atoms with van der Waals surface area (Å²) in [5, 5.41) is 3.22. The number of rotatable bonds is 5. The van der Waals surface area contributed by atoms with Crippen LogP contribution in [0.5, 0.6) is 11.5 Å². The molecule has 0 bridgehead atoms. The van der Waals surface area contributed by atoms with Crippen LogP contribution in [-0.2, 0) is 4.79 Å². The van der Waals surface area contributed by atoms with Gasteiger partial charge in [-0.3, -0.25) is 4.79 Å². The third-order valence-corrected chi connectivity index (χ3v) is 2.87. The molecule has 0 fully saturated rings. The Morgan fingerprint density at radius 2 is 1.95 bits per heavy atom.